The van der Waals surface area contributed by atoms with Crippen LogP contribution in [0, 0.1) is 0 Å². The van der Waals surface area contributed by atoms with Crippen molar-refractivity contribution in [2.45, 2.75) is 0 Å². The van der Waals surface area contributed by atoms with E-state index in [2.05, 4.69) is 10.3 Å². The number of carbonyl (C=O) groups is 1. The number of hydrogen-bond acceptors (Lipinski definition) is 4. The summed E-state index contributed by atoms with van der Waals surface area (Å²) in [5, 5.41) is 4.83. The van der Waals surface area contributed by atoms with Crippen LogP contribution >= 0.6 is 0 Å². The molecular weight excluding hydrogens is 292 g/mol. The lowest BCUT2D eigenvalue weighted by atomic mass is 10.1. The monoisotopic (exact) mass is 308 g/mol. The number of ether oxygens (including phenoxy) is 2. The molecule has 0 radical (unpaired) electrons. The van der Waals surface area contributed by atoms with Gasteiger partial charge in [-0.05, 0) is 24.3 Å². The number of pyridine rings is 1. The molecule has 0 unspecified atom stereocenters. The summed E-state index contributed by atoms with van der Waals surface area (Å²) in [6.45, 7) is 0. The van der Waals surface area contributed by atoms with Crippen molar-refractivity contribution in [3.63, 3.8) is 0 Å². The van der Waals surface area contributed by atoms with Crippen LogP contribution in [0.3, 0.4) is 0 Å². The number of amides is 1. The van der Waals surface area contributed by atoms with Crippen molar-refractivity contribution in [1.82, 2.24) is 4.98 Å². The van der Waals surface area contributed by atoms with E-state index in [1.807, 2.05) is 24.3 Å². The van der Waals surface area contributed by atoms with Gasteiger partial charge in [0.1, 0.15) is 11.5 Å². The molecular formula is C18H16N2O3. The SMILES string of the molecule is COc1cc(OC)cc(C(=O)Nc2cccc3cnccc23)c1. The van der Waals surface area contributed by atoms with Gasteiger partial charge in [-0.1, -0.05) is 12.1 Å². The number of anilines is 1. The van der Waals surface area contributed by atoms with Gasteiger partial charge in [-0.25, -0.2) is 0 Å². The van der Waals surface area contributed by atoms with E-state index < -0.39 is 0 Å². The molecule has 116 valence electrons. The molecule has 0 aliphatic carbocycles. The molecule has 0 atom stereocenters. The third-order valence-electron chi connectivity index (χ3n) is 3.54. The molecule has 5 heteroatoms. The lowest BCUT2D eigenvalue weighted by molar-refractivity contribution is 0.102. The Bertz CT molecular complexity index is 834. The Morgan fingerprint density at radius 1 is 1.04 bits per heavy atom. The fourth-order valence-electron chi connectivity index (χ4n) is 2.36. The van der Waals surface area contributed by atoms with Crippen LogP contribution < -0.4 is 14.8 Å². The van der Waals surface area contributed by atoms with Crippen molar-refractivity contribution in [3.8, 4) is 11.5 Å². The Morgan fingerprint density at radius 2 is 1.78 bits per heavy atom. The molecule has 1 aromatic heterocycles. The minimum Gasteiger partial charge on any atom is -0.497 e. The van der Waals surface area contributed by atoms with Gasteiger partial charge in [0.05, 0.1) is 14.2 Å². The van der Waals surface area contributed by atoms with Gasteiger partial charge >= 0.3 is 0 Å². The number of nitrogens with zero attached hydrogens (tertiary/aromatic N) is 1. The number of benzene rings is 2. The standard InChI is InChI=1S/C18H16N2O3/c1-22-14-8-13(9-15(10-14)23-2)18(21)20-17-5-3-4-12-11-19-7-6-16(12)17/h3-11H,1-2H3,(H,20,21). The number of nitrogens with one attached hydrogen (secondary N) is 1. The lowest BCUT2D eigenvalue weighted by Gasteiger charge is -2.11. The van der Waals surface area contributed by atoms with E-state index in [-0.39, 0.29) is 5.91 Å². The zero-order chi connectivity index (χ0) is 16.2. The van der Waals surface area contributed by atoms with Crippen LogP contribution in [0.1, 0.15) is 10.4 Å². The second-order valence-corrected chi connectivity index (χ2v) is 4.96. The van der Waals surface area contributed by atoms with E-state index in [0.717, 1.165) is 16.5 Å². The second-order valence-electron chi connectivity index (χ2n) is 4.96. The van der Waals surface area contributed by atoms with Gasteiger partial charge in [0, 0.05) is 40.5 Å². The van der Waals surface area contributed by atoms with Crippen molar-refractivity contribution < 1.29 is 14.3 Å². The number of rotatable bonds is 4. The average Bonchev–Trinajstić information content (AvgIpc) is 2.61. The van der Waals surface area contributed by atoms with E-state index in [1.54, 1.807) is 44.8 Å². The van der Waals surface area contributed by atoms with E-state index in [1.165, 1.54) is 0 Å². The molecule has 0 aliphatic heterocycles. The zero-order valence-corrected chi connectivity index (χ0v) is 12.9. The topological polar surface area (TPSA) is 60.5 Å². The quantitative estimate of drug-likeness (QED) is 0.801. The number of carbonyl (C=O) groups excluding carboxylic acids is 1. The largest absolute Gasteiger partial charge is 0.497 e. The highest BCUT2D eigenvalue weighted by atomic mass is 16.5. The van der Waals surface area contributed by atoms with Gasteiger partial charge in [0.25, 0.3) is 5.91 Å². The Morgan fingerprint density at radius 3 is 2.48 bits per heavy atom. The first-order valence-electron chi connectivity index (χ1n) is 7.08. The van der Waals surface area contributed by atoms with E-state index in [9.17, 15) is 4.79 Å². The fraction of sp³-hybridized carbons (Fsp3) is 0.111. The summed E-state index contributed by atoms with van der Waals surface area (Å²) in [5.41, 5.74) is 1.20. The van der Waals surface area contributed by atoms with Crippen LogP contribution in [0.5, 0.6) is 11.5 Å². The third kappa shape index (κ3) is 3.08. The maximum atomic E-state index is 12.6. The van der Waals surface area contributed by atoms with E-state index in [4.69, 9.17) is 9.47 Å². The van der Waals surface area contributed by atoms with Gasteiger partial charge in [0.15, 0.2) is 0 Å². The minimum atomic E-state index is -0.230. The predicted molar refractivity (Wildman–Crippen MR) is 89.2 cm³/mol. The van der Waals surface area contributed by atoms with Gasteiger partial charge in [-0.2, -0.15) is 0 Å². The fourth-order valence-corrected chi connectivity index (χ4v) is 2.36. The summed E-state index contributed by atoms with van der Waals surface area (Å²) in [6.07, 6.45) is 3.46. The van der Waals surface area contributed by atoms with E-state index in [0.29, 0.717) is 17.1 Å². The van der Waals surface area contributed by atoms with Crippen molar-refractivity contribution in [3.05, 3.63) is 60.4 Å². The number of aromatic nitrogens is 1. The molecule has 1 N–H and O–H groups in total. The van der Waals surface area contributed by atoms with Crippen LogP contribution in [0.4, 0.5) is 5.69 Å². The predicted octanol–water partition coefficient (Wildman–Crippen LogP) is 3.50. The first-order valence-corrected chi connectivity index (χ1v) is 7.08. The molecule has 1 heterocycles. The number of methoxy groups -OCH3 is 2. The Hall–Kier alpha value is -3.08. The molecule has 1 amide bonds. The van der Waals surface area contributed by atoms with Crippen LogP contribution in [-0.2, 0) is 0 Å². The summed E-state index contributed by atoms with van der Waals surface area (Å²) >= 11 is 0. The molecule has 0 saturated carbocycles. The molecule has 5 nitrogen and oxygen atoms in total. The molecule has 2 aromatic carbocycles. The summed E-state index contributed by atoms with van der Waals surface area (Å²) in [7, 11) is 3.10. The zero-order valence-electron chi connectivity index (χ0n) is 12.9. The normalized spacial score (nSPS) is 10.3. The van der Waals surface area contributed by atoms with Gasteiger partial charge < -0.3 is 14.8 Å². The smallest absolute Gasteiger partial charge is 0.255 e. The summed E-state index contributed by atoms with van der Waals surface area (Å²) < 4.78 is 10.4. The first kappa shape index (κ1) is 14.8. The van der Waals surface area contributed by atoms with Crippen LogP contribution in [-0.4, -0.2) is 25.1 Å². The molecule has 0 spiro atoms. The Kier molecular flexibility index (Phi) is 4.10. The highest BCUT2D eigenvalue weighted by Crippen LogP contribution is 2.25. The summed E-state index contributed by atoms with van der Waals surface area (Å²) in [5.74, 6) is 0.903. The molecule has 0 aliphatic rings. The van der Waals surface area contributed by atoms with Crippen LogP contribution in [0.25, 0.3) is 10.8 Å². The molecule has 0 saturated heterocycles. The van der Waals surface area contributed by atoms with Gasteiger partial charge in [0.2, 0.25) is 0 Å². The molecule has 0 fully saturated rings. The minimum absolute atomic E-state index is 0.230. The molecule has 0 bridgehead atoms. The van der Waals surface area contributed by atoms with Crippen molar-refractivity contribution in [1.29, 1.82) is 0 Å². The number of hydrogen-bond donors (Lipinski definition) is 1. The van der Waals surface area contributed by atoms with Crippen molar-refractivity contribution in [2.24, 2.45) is 0 Å². The molecule has 3 rings (SSSR count). The summed E-state index contributed by atoms with van der Waals surface area (Å²) in [6, 6.07) is 12.6. The maximum absolute atomic E-state index is 12.6. The first-order chi connectivity index (χ1) is 11.2. The van der Waals surface area contributed by atoms with Crippen LogP contribution in [0.2, 0.25) is 0 Å². The van der Waals surface area contributed by atoms with Crippen molar-refractivity contribution >= 4 is 22.4 Å². The third-order valence-corrected chi connectivity index (χ3v) is 3.54. The second kappa shape index (κ2) is 6.36. The Labute approximate surface area is 133 Å². The van der Waals surface area contributed by atoms with Gasteiger partial charge in [-0.3, -0.25) is 9.78 Å². The maximum Gasteiger partial charge on any atom is 0.255 e. The highest BCUT2D eigenvalue weighted by molar-refractivity contribution is 6.09. The lowest BCUT2D eigenvalue weighted by Crippen LogP contribution is -2.12. The van der Waals surface area contributed by atoms with Crippen molar-refractivity contribution in [2.75, 3.05) is 19.5 Å². The molecule has 23 heavy (non-hydrogen) atoms. The number of fused-ring (bicyclic) bond motifs is 1. The van der Waals surface area contributed by atoms with Crippen LogP contribution in [0.15, 0.2) is 54.9 Å². The molecule has 3 aromatic rings. The van der Waals surface area contributed by atoms with E-state index >= 15 is 0 Å². The average molecular weight is 308 g/mol. The Balaban J connectivity index is 1.95. The highest BCUT2D eigenvalue weighted by Gasteiger charge is 2.11. The summed E-state index contributed by atoms with van der Waals surface area (Å²) in [4.78, 5) is 16.6. The van der Waals surface area contributed by atoms with Gasteiger partial charge in [-0.15, -0.1) is 0 Å².